The van der Waals surface area contributed by atoms with Crippen molar-refractivity contribution in [1.29, 1.82) is 0 Å². The van der Waals surface area contributed by atoms with E-state index in [9.17, 15) is 23.5 Å². The molecule has 3 rings (SSSR count). The fourth-order valence-corrected chi connectivity index (χ4v) is 3.91. The van der Waals surface area contributed by atoms with Gasteiger partial charge >= 0.3 is 12.1 Å². The van der Waals surface area contributed by atoms with Crippen molar-refractivity contribution in [2.24, 2.45) is 12.5 Å². The molecule has 0 saturated heterocycles. The highest BCUT2D eigenvalue weighted by molar-refractivity contribution is 5.88. The summed E-state index contributed by atoms with van der Waals surface area (Å²) in [4.78, 5) is 28.1. The lowest BCUT2D eigenvalue weighted by Gasteiger charge is -2.42. The van der Waals surface area contributed by atoms with Crippen LogP contribution in [0, 0.1) is 24.2 Å². The molecule has 2 heterocycles. The molecule has 1 saturated carbocycles. The fourth-order valence-electron chi connectivity index (χ4n) is 3.91. The normalized spacial score (nSPS) is 20.0. The fraction of sp³-hybridized carbons (Fsp3) is 0.542. The van der Waals surface area contributed by atoms with Crippen molar-refractivity contribution in [1.82, 2.24) is 20.0 Å². The number of pyridine rings is 1. The predicted molar refractivity (Wildman–Crippen MR) is 125 cm³/mol. The molecule has 0 bridgehead atoms. The number of carbonyl (C=O) groups is 2. The van der Waals surface area contributed by atoms with Crippen LogP contribution in [-0.2, 0) is 21.3 Å². The quantitative estimate of drug-likeness (QED) is 0.519. The van der Waals surface area contributed by atoms with Crippen LogP contribution in [0.15, 0.2) is 12.1 Å². The summed E-state index contributed by atoms with van der Waals surface area (Å²) in [6.45, 7) is 4.16. The number of aliphatic carboxylic acids is 1. The average Bonchev–Trinajstić information content (AvgIpc) is 3.15. The molecule has 0 aromatic carbocycles. The van der Waals surface area contributed by atoms with E-state index in [4.69, 9.17) is 9.47 Å². The molecule has 2 aromatic heterocycles. The number of ether oxygens (including phenoxy) is 2. The SMILES string of the molecule is CCC(F)(F)[C@@H](C)OC(=O)Nc1c(-c2ccc(C#CC3(CC(=O)O)CC(OC)C3)c(C)n2)nnn1C. The van der Waals surface area contributed by atoms with Crippen molar-refractivity contribution in [3.8, 4) is 23.2 Å². The van der Waals surface area contributed by atoms with Gasteiger partial charge in [0.2, 0.25) is 0 Å². The highest BCUT2D eigenvalue weighted by Crippen LogP contribution is 2.45. The number of hydrogen-bond donors (Lipinski definition) is 2. The van der Waals surface area contributed by atoms with Gasteiger partial charge in [-0.2, -0.15) is 0 Å². The van der Waals surface area contributed by atoms with E-state index >= 15 is 0 Å². The summed E-state index contributed by atoms with van der Waals surface area (Å²) in [6.07, 6.45) is -2.15. The first kappa shape index (κ1) is 27.0. The smallest absolute Gasteiger partial charge is 0.413 e. The van der Waals surface area contributed by atoms with E-state index in [1.807, 2.05) is 0 Å². The standard InChI is InChI=1S/C24H29F2N5O5/c1-6-24(25,26)15(3)36-22(34)28-21-20(29-30-31(21)4)18-8-7-16(14(2)27-18)9-10-23(13-19(32)33)11-17(12-23)35-5/h7-8,15,17H,6,11-13H2,1-5H3,(H,28,34)(H,32,33)/t15-,17?,23?/m1/s1. The van der Waals surface area contributed by atoms with E-state index < -0.39 is 35.9 Å². The Bertz CT molecular complexity index is 1200. The van der Waals surface area contributed by atoms with Gasteiger partial charge in [-0.15, -0.1) is 5.10 Å². The lowest BCUT2D eigenvalue weighted by molar-refractivity contribution is -0.142. The number of alkyl halides is 2. The van der Waals surface area contributed by atoms with E-state index in [2.05, 4.69) is 32.5 Å². The van der Waals surface area contributed by atoms with E-state index in [-0.39, 0.29) is 24.0 Å². The Hall–Kier alpha value is -3.59. The maximum Gasteiger partial charge on any atom is 0.413 e. The molecule has 10 nitrogen and oxygen atoms in total. The maximum atomic E-state index is 13.8. The minimum Gasteiger partial charge on any atom is -0.481 e. The second-order valence-corrected chi connectivity index (χ2v) is 8.89. The zero-order valence-electron chi connectivity index (χ0n) is 20.8. The zero-order valence-corrected chi connectivity index (χ0v) is 20.8. The Balaban J connectivity index is 1.80. The number of aromatic nitrogens is 4. The third kappa shape index (κ3) is 5.96. The summed E-state index contributed by atoms with van der Waals surface area (Å²) < 4.78 is 38.9. The van der Waals surface area contributed by atoms with E-state index in [1.165, 1.54) is 18.7 Å². The molecule has 1 aliphatic rings. The van der Waals surface area contributed by atoms with Crippen molar-refractivity contribution in [3.63, 3.8) is 0 Å². The number of anilines is 1. The number of methoxy groups -OCH3 is 1. The maximum absolute atomic E-state index is 13.8. The van der Waals surface area contributed by atoms with Crippen molar-refractivity contribution >= 4 is 17.9 Å². The lowest BCUT2D eigenvalue weighted by atomic mass is 9.65. The van der Waals surface area contributed by atoms with Gasteiger partial charge in [-0.25, -0.2) is 23.2 Å². The second kappa shape index (κ2) is 10.6. The monoisotopic (exact) mass is 505 g/mol. The number of halogens is 2. The van der Waals surface area contributed by atoms with E-state index in [0.29, 0.717) is 29.8 Å². The summed E-state index contributed by atoms with van der Waals surface area (Å²) in [6, 6.07) is 3.35. The van der Waals surface area contributed by atoms with Crippen molar-refractivity contribution in [2.45, 2.75) is 64.6 Å². The van der Waals surface area contributed by atoms with Crippen LogP contribution < -0.4 is 5.32 Å². The summed E-state index contributed by atoms with van der Waals surface area (Å²) >= 11 is 0. The van der Waals surface area contributed by atoms with Gasteiger partial charge < -0.3 is 14.6 Å². The summed E-state index contributed by atoms with van der Waals surface area (Å²) in [5, 5.41) is 19.6. The average molecular weight is 506 g/mol. The molecule has 1 atom stereocenters. The number of amides is 1. The van der Waals surface area contributed by atoms with Crippen LogP contribution in [0.25, 0.3) is 11.4 Å². The molecule has 0 radical (unpaired) electrons. The molecule has 1 aliphatic carbocycles. The molecule has 0 spiro atoms. The number of carbonyl (C=O) groups excluding carboxylic acids is 1. The van der Waals surface area contributed by atoms with Gasteiger partial charge in [0.1, 0.15) is 0 Å². The molecule has 1 amide bonds. The van der Waals surface area contributed by atoms with Crippen molar-refractivity contribution in [3.05, 3.63) is 23.4 Å². The largest absolute Gasteiger partial charge is 0.481 e. The number of carboxylic acids is 1. The number of rotatable bonds is 8. The van der Waals surface area contributed by atoms with Crippen LogP contribution in [0.2, 0.25) is 0 Å². The Labute approximate surface area is 207 Å². The van der Waals surface area contributed by atoms with Crippen molar-refractivity contribution < 1.29 is 33.0 Å². The lowest BCUT2D eigenvalue weighted by Crippen LogP contribution is -2.42. The molecule has 0 aliphatic heterocycles. The Morgan fingerprint density at radius 1 is 1.39 bits per heavy atom. The van der Waals surface area contributed by atoms with Crippen LogP contribution in [0.3, 0.4) is 0 Å². The van der Waals surface area contributed by atoms with Gasteiger partial charge in [-0.3, -0.25) is 10.1 Å². The summed E-state index contributed by atoms with van der Waals surface area (Å²) in [7, 11) is 3.11. The van der Waals surface area contributed by atoms with Gasteiger partial charge in [0.25, 0.3) is 5.92 Å². The molecule has 0 unspecified atom stereocenters. The second-order valence-electron chi connectivity index (χ2n) is 8.89. The Morgan fingerprint density at radius 2 is 2.08 bits per heavy atom. The minimum absolute atomic E-state index is 0.00861. The van der Waals surface area contributed by atoms with Gasteiger partial charge in [0.05, 0.1) is 23.9 Å². The third-order valence-electron chi connectivity index (χ3n) is 6.25. The van der Waals surface area contributed by atoms with Gasteiger partial charge in [0, 0.05) is 31.6 Å². The number of nitrogens with one attached hydrogen (secondary N) is 1. The number of nitrogens with zero attached hydrogens (tertiary/aromatic N) is 4. The highest BCUT2D eigenvalue weighted by Gasteiger charge is 2.45. The molecule has 194 valence electrons. The van der Waals surface area contributed by atoms with Crippen LogP contribution in [-0.4, -0.2) is 62.4 Å². The Kier molecular flexibility index (Phi) is 7.93. The summed E-state index contributed by atoms with van der Waals surface area (Å²) in [5.74, 6) is 2.19. The van der Waals surface area contributed by atoms with Gasteiger partial charge in [0.15, 0.2) is 17.6 Å². The molecule has 36 heavy (non-hydrogen) atoms. The predicted octanol–water partition coefficient (Wildman–Crippen LogP) is 3.79. The van der Waals surface area contributed by atoms with Crippen LogP contribution in [0.4, 0.5) is 19.4 Å². The van der Waals surface area contributed by atoms with E-state index in [1.54, 1.807) is 26.2 Å². The molecular weight excluding hydrogens is 476 g/mol. The first-order valence-electron chi connectivity index (χ1n) is 11.4. The van der Waals surface area contributed by atoms with Gasteiger partial charge in [-0.05, 0) is 38.8 Å². The topological polar surface area (TPSA) is 128 Å². The zero-order chi connectivity index (χ0) is 26.7. The van der Waals surface area contributed by atoms with Crippen LogP contribution >= 0.6 is 0 Å². The molecular formula is C24H29F2N5O5. The highest BCUT2D eigenvalue weighted by atomic mass is 19.3. The van der Waals surface area contributed by atoms with Crippen LogP contribution in [0.5, 0.6) is 0 Å². The number of hydrogen-bond acceptors (Lipinski definition) is 7. The Morgan fingerprint density at radius 3 is 2.67 bits per heavy atom. The molecule has 2 aromatic rings. The van der Waals surface area contributed by atoms with Crippen molar-refractivity contribution in [2.75, 3.05) is 12.4 Å². The third-order valence-corrected chi connectivity index (χ3v) is 6.25. The molecule has 12 heteroatoms. The number of carboxylic acid groups (broad SMARTS) is 1. The van der Waals surface area contributed by atoms with Crippen LogP contribution in [0.1, 0.15) is 50.8 Å². The van der Waals surface area contributed by atoms with E-state index in [0.717, 1.165) is 6.92 Å². The molecule has 2 N–H and O–H groups in total. The number of aryl methyl sites for hydroxylation is 2. The summed E-state index contributed by atoms with van der Waals surface area (Å²) in [5.41, 5.74) is 1.11. The molecule has 1 fully saturated rings. The van der Waals surface area contributed by atoms with Gasteiger partial charge in [-0.1, -0.05) is 24.0 Å². The first-order chi connectivity index (χ1) is 16.9. The minimum atomic E-state index is -3.16. The first-order valence-corrected chi connectivity index (χ1v) is 11.4.